The highest BCUT2D eigenvalue weighted by Crippen LogP contribution is 2.33. The molecule has 0 aliphatic carbocycles. The van der Waals surface area contributed by atoms with Crippen molar-refractivity contribution in [3.63, 3.8) is 0 Å². The number of nitrogens with zero attached hydrogens (tertiary/aromatic N) is 2. The van der Waals surface area contributed by atoms with Gasteiger partial charge in [-0.2, -0.15) is 4.31 Å². The zero-order valence-electron chi connectivity index (χ0n) is 15.6. The molecule has 5 nitrogen and oxygen atoms in total. The monoisotopic (exact) mass is 426 g/mol. The SMILES string of the molecule is O=S(=O)(c1ccc2ccccc2c1)N1CCC(c2nc3cc(Cl)ccc3o2)CC1. The Labute approximate surface area is 174 Å². The van der Waals surface area contributed by atoms with Gasteiger partial charge in [0.1, 0.15) is 5.52 Å². The van der Waals surface area contributed by atoms with E-state index in [1.54, 1.807) is 28.6 Å². The number of hydrogen-bond acceptors (Lipinski definition) is 4. The molecule has 0 radical (unpaired) electrons. The molecule has 0 unspecified atom stereocenters. The minimum Gasteiger partial charge on any atom is -0.440 e. The largest absolute Gasteiger partial charge is 0.440 e. The quantitative estimate of drug-likeness (QED) is 0.451. The second-order valence-electron chi connectivity index (χ2n) is 7.35. The van der Waals surface area contributed by atoms with E-state index >= 15 is 0 Å². The van der Waals surface area contributed by atoms with Gasteiger partial charge in [-0.3, -0.25) is 0 Å². The number of piperidine rings is 1. The summed E-state index contributed by atoms with van der Waals surface area (Å²) in [5, 5.41) is 2.57. The van der Waals surface area contributed by atoms with Crippen molar-refractivity contribution in [1.82, 2.24) is 9.29 Å². The van der Waals surface area contributed by atoms with Gasteiger partial charge in [0, 0.05) is 24.0 Å². The summed E-state index contributed by atoms with van der Waals surface area (Å²) >= 11 is 6.02. The van der Waals surface area contributed by atoms with Crippen LogP contribution in [-0.4, -0.2) is 30.8 Å². The van der Waals surface area contributed by atoms with Gasteiger partial charge in [-0.15, -0.1) is 0 Å². The fourth-order valence-electron chi connectivity index (χ4n) is 3.91. The van der Waals surface area contributed by atoms with E-state index in [1.165, 1.54) is 0 Å². The van der Waals surface area contributed by atoms with Crippen molar-refractivity contribution < 1.29 is 12.8 Å². The third-order valence-corrected chi connectivity index (χ3v) is 7.66. The molecular weight excluding hydrogens is 408 g/mol. The molecule has 29 heavy (non-hydrogen) atoms. The lowest BCUT2D eigenvalue weighted by molar-refractivity contribution is 0.293. The molecule has 0 amide bonds. The van der Waals surface area contributed by atoms with Crippen LogP contribution in [0.5, 0.6) is 0 Å². The molecule has 1 fully saturated rings. The topological polar surface area (TPSA) is 63.4 Å². The third-order valence-electron chi connectivity index (χ3n) is 5.53. The lowest BCUT2D eigenvalue weighted by Crippen LogP contribution is -2.37. The molecule has 2 heterocycles. The van der Waals surface area contributed by atoms with Crippen LogP contribution in [0, 0.1) is 0 Å². The third kappa shape index (κ3) is 3.41. The Kier molecular flexibility index (Phi) is 4.57. The fourth-order valence-corrected chi connectivity index (χ4v) is 5.58. The second kappa shape index (κ2) is 7.13. The lowest BCUT2D eigenvalue weighted by atomic mass is 9.98. The highest BCUT2D eigenvalue weighted by atomic mass is 35.5. The second-order valence-corrected chi connectivity index (χ2v) is 9.73. The molecule has 0 N–H and O–H groups in total. The molecule has 1 saturated heterocycles. The van der Waals surface area contributed by atoms with Crippen molar-refractivity contribution in [3.8, 4) is 0 Å². The maximum Gasteiger partial charge on any atom is 0.243 e. The number of aromatic nitrogens is 1. The highest BCUT2D eigenvalue weighted by molar-refractivity contribution is 7.89. The Morgan fingerprint density at radius 1 is 0.966 bits per heavy atom. The van der Waals surface area contributed by atoms with E-state index in [4.69, 9.17) is 16.0 Å². The average Bonchev–Trinajstić information content (AvgIpc) is 3.16. The van der Waals surface area contributed by atoms with Crippen LogP contribution in [-0.2, 0) is 10.0 Å². The minimum atomic E-state index is -3.52. The molecule has 7 heteroatoms. The summed E-state index contributed by atoms with van der Waals surface area (Å²) in [5.74, 6) is 0.759. The van der Waals surface area contributed by atoms with E-state index in [0.717, 1.165) is 16.3 Å². The van der Waals surface area contributed by atoms with Gasteiger partial charge >= 0.3 is 0 Å². The van der Waals surface area contributed by atoms with E-state index in [9.17, 15) is 8.42 Å². The first-order chi connectivity index (χ1) is 14.0. The molecular formula is C22H19ClN2O3S. The standard InChI is InChI=1S/C22H19ClN2O3S/c23-18-6-8-21-20(14-18)24-22(28-21)16-9-11-25(12-10-16)29(26,27)19-7-5-15-3-1-2-4-17(15)13-19/h1-8,13-14,16H,9-12H2. The molecule has 0 spiro atoms. The Balaban J connectivity index is 1.35. The highest BCUT2D eigenvalue weighted by Gasteiger charge is 2.32. The Bertz CT molecular complexity index is 1310. The van der Waals surface area contributed by atoms with E-state index < -0.39 is 10.0 Å². The zero-order valence-corrected chi connectivity index (χ0v) is 17.2. The summed E-state index contributed by atoms with van der Waals surface area (Å²) < 4.78 is 33.7. The number of fused-ring (bicyclic) bond motifs is 2. The molecule has 1 aliphatic heterocycles. The van der Waals surface area contributed by atoms with Crippen molar-refractivity contribution in [2.75, 3.05) is 13.1 Å². The van der Waals surface area contributed by atoms with Gasteiger partial charge in [-0.05, 0) is 53.9 Å². The Morgan fingerprint density at radius 2 is 1.72 bits per heavy atom. The maximum atomic E-state index is 13.1. The smallest absolute Gasteiger partial charge is 0.243 e. The van der Waals surface area contributed by atoms with Crippen LogP contribution in [0.25, 0.3) is 21.9 Å². The van der Waals surface area contributed by atoms with Gasteiger partial charge < -0.3 is 4.42 Å². The van der Waals surface area contributed by atoms with E-state index in [-0.39, 0.29) is 5.92 Å². The van der Waals surface area contributed by atoms with Crippen LogP contribution < -0.4 is 0 Å². The Morgan fingerprint density at radius 3 is 2.52 bits per heavy atom. The summed E-state index contributed by atoms with van der Waals surface area (Å²) in [4.78, 5) is 4.90. The van der Waals surface area contributed by atoms with Crippen molar-refractivity contribution in [2.24, 2.45) is 0 Å². The summed E-state index contributed by atoms with van der Waals surface area (Å²) in [6, 6.07) is 18.4. The minimum absolute atomic E-state index is 0.101. The molecule has 0 atom stereocenters. The van der Waals surface area contributed by atoms with Crippen molar-refractivity contribution in [2.45, 2.75) is 23.7 Å². The van der Waals surface area contributed by atoms with Crippen LogP contribution in [0.15, 0.2) is 70.0 Å². The number of hydrogen-bond donors (Lipinski definition) is 0. The molecule has 0 bridgehead atoms. The number of rotatable bonds is 3. The predicted molar refractivity (Wildman–Crippen MR) is 114 cm³/mol. The van der Waals surface area contributed by atoms with Crippen LogP contribution >= 0.6 is 11.6 Å². The van der Waals surface area contributed by atoms with Gasteiger partial charge in [-0.25, -0.2) is 13.4 Å². The van der Waals surface area contributed by atoms with Crippen molar-refractivity contribution >= 4 is 43.5 Å². The molecule has 1 aliphatic rings. The van der Waals surface area contributed by atoms with E-state index in [0.29, 0.717) is 47.3 Å². The molecule has 4 aromatic rings. The fraction of sp³-hybridized carbons (Fsp3) is 0.227. The van der Waals surface area contributed by atoms with E-state index in [2.05, 4.69) is 4.98 Å². The Hall–Kier alpha value is -2.41. The first-order valence-electron chi connectivity index (χ1n) is 9.56. The summed E-state index contributed by atoms with van der Waals surface area (Å²) in [5.41, 5.74) is 1.44. The molecule has 148 valence electrons. The molecule has 5 rings (SSSR count). The van der Waals surface area contributed by atoms with Gasteiger partial charge in [-0.1, -0.05) is 41.9 Å². The molecule has 0 saturated carbocycles. The van der Waals surface area contributed by atoms with Gasteiger partial charge in [0.05, 0.1) is 4.90 Å². The first kappa shape index (κ1) is 18.6. The summed E-state index contributed by atoms with van der Waals surface area (Å²) in [6.45, 7) is 0.888. The van der Waals surface area contributed by atoms with Crippen LogP contribution in [0.2, 0.25) is 5.02 Å². The summed E-state index contributed by atoms with van der Waals surface area (Å²) in [6.07, 6.45) is 1.35. The first-order valence-corrected chi connectivity index (χ1v) is 11.4. The number of sulfonamides is 1. The zero-order chi connectivity index (χ0) is 20.0. The predicted octanol–water partition coefficient (Wildman–Crippen LogP) is 5.20. The van der Waals surface area contributed by atoms with Crippen molar-refractivity contribution in [1.29, 1.82) is 0 Å². The van der Waals surface area contributed by atoms with Gasteiger partial charge in [0.15, 0.2) is 11.5 Å². The maximum absolute atomic E-state index is 13.1. The average molecular weight is 427 g/mol. The van der Waals surface area contributed by atoms with Crippen LogP contribution in [0.3, 0.4) is 0 Å². The molecule has 3 aromatic carbocycles. The van der Waals surface area contributed by atoms with Crippen LogP contribution in [0.1, 0.15) is 24.7 Å². The van der Waals surface area contributed by atoms with E-state index in [1.807, 2.05) is 36.4 Å². The lowest BCUT2D eigenvalue weighted by Gasteiger charge is -2.29. The van der Waals surface area contributed by atoms with Gasteiger partial charge in [0.2, 0.25) is 10.0 Å². The molecule has 1 aromatic heterocycles. The number of oxazole rings is 1. The van der Waals surface area contributed by atoms with Crippen LogP contribution in [0.4, 0.5) is 0 Å². The number of halogens is 1. The number of benzene rings is 3. The van der Waals surface area contributed by atoms with Crippen molar-refractivity contribution in [3.05, 3.63) is 71.6 Å². The summed E-state index contributed by atoms with van der Waals surface area (Å²) in [7, 11) is -3.52. The van der Waals surface area contributed by atoms with Gasteiger partial charge in [0.25, 0.3) is 0 Å². The normalized spacial score (nSPS) is 16.6.